The van der Waals surface area contributed by atoms with Crippen LogP contribution in [0.5, 0.6) is 0 Å². The molecule has 25 heavy (non-hydrogen) atoms. The zero-order valence-corrected chi connectivity index (χ0v) is 13.1. The van der Waals surface area contributed by atoms with E-state index >= 15 is 0 Å². The number of nitrogens with one attached hydrogen (secondary N) is 1. The molecule has 0 radical (unpaired) electrons. The summed E-state index contributed by atoms with van der Waals surface area (Å²) in [5.74, 6) is -1.13. The number of imidazole rings is 1. The molecule has 9 nitrogen and oxygen atoms in total. The molecule has 0 unspecified atom stereocenters. The molecular weight excluding hydrogens is 350 g/mol. The first kappa shape index (κ1) is 15.3. The monoisotopic (exact) mass is 359 g/mol. The van der Waals surface area contributed by atoms with Crippen molar-refractivity contribution in [1.82, 2.24) is 14.4 Å². The molecule has 2 aromatic carbocycles. The Morgan fingerprint density at radius 1 is 1.16 bits per heavy atom. The predicted octanol–water partition coefficient (Wildman–Crippen LogP) is 1.27. The number of hydrogen-bond donors (Lipinski definition) is 3. The molecule has 2 aromatic heterocycles. The molecule has 4 rings (SSSR count). The Labute approximate surface area is 138 Å². The van der Waals surface area contributed by atoms with Crippen molar-refractivity contribution in [2.45, 2.75) is 4.90 Å². The highest BCUT2D eigenvalue weighted by molar-refractivity contribution is 7.85. The first-order valence-corrected chi connectivity index (χ1v) is 8.39. The number of H-pyrrole nitrogens is 1. The number of carboxylic acid groups (broad SMARTS) is 1. The number of carbonyl (C=O) groups is 1. The Hall–Kier alpha value is -3.24. The summed E-state index contributed by atoms with van der Waals surface area (Å²) in [7, 11) is -4.41. The van der Waals surface area contributed by atoms with E-state index in [1.807, 2.05) is 0 Å². The number of nitrogens with zero attached hydrogens (tertiary/aromatic N) is 2. The normalized spacial score (nSPS) is 12.2. The molecule has 4 aromatic rings. The molecule has 2 heterocycles. The molecule has 0 spiro atoms. The van der Waals surface area contributed by atoms with Gasteiger partial charge in [-0.2, -0.15) is 8.42 Å². The number of rotatable bonds is 2. The minimum absolute atomic E-state index is 0.00974. The van der Waals surface area contributed by atoms with E-state index in [-0.39, 0.29) is 21.6 Å². The zero-order valence-electron chi connectivity index (χ0n) is 12.3. The standard InChI is InChI=1S/C15H9N3O6S/c19-14(20)7-1-4-10-12(5-7)18-13(16-10)9-3-2-8(25(22,23)24)6-11(9)17-15(18)21/h1-6H,(H,17,21)(H,19,20)(H,22,23,24). The number of aromatic carboxylic acids is 1. The maximum Gasteiger partial charge on any atom is 0.335 e. The SMILES string of the molecule is O=C(O)c1ccc2nc3c4ccc(S(=O)(=O)O)cc4[nH]c(=O)n3c2c1. The molecule has 0 aliphatic carbocycles. The lowest BCUT2D eigenvalue weighted by molar-refractivity contribution is 0.0697. The molecule has 0 saturated carbocycles. The van der Waals surface area contributed by atoms with E-state index in [4.69, 9.17) is 9.66 Å². The summed E-state index contributed by atoms with van der Waals surface area (Å²) in [4.78, 5) is 30.0. The second kappa shape index (κ2) is 4.88. The van der Waals surface area contributed by atoms with E-state index in [1.54, 1.807) is 0 Å². The molecule has 126 valence electrons. The van der Waals surface area contributed by atoms with Crippen LogP contribution in [0.4, 0.5) is 0 Å². The van der Waals surface area contributed by atoms with Crippen LogP contribution in [-0.2, 0) is 10.1 Å². The van der Waals surface area contributed by atoms with E-state index in [2.05, 4.69) is 9.97 Å². The summed E-state index contributed by atoms with van der Waals surface area (Å²) in [6.07, 6.45) is 0. The average Bonchev–Trinajstić information content (AvgIpc) is 2.92. The molecule has 3 N–H and O–H groups in total. The van der Waals surface area contributed by atoms with Gasteiger partial charge in [0.25, 0.3) is 10.1 Å². The Balaban J connectivity index is 2.16. The quantitative estimate of drug-likeness (QED) is 0.458. The lowest BCUT2D eigenvalue weighted by atomic mass is 10.2. The maximum absolute atomic E-state index is 12.4. The number of fused-ring (bicyclic) bond motifs is 5. The smallest absolute Gasteiger partial charge is 0.335 e. The van der Waals surface area contributed by atoms with Crippen molar-refractivity contribution in [3.05, 3.63) is 52.4 Å². The summed E-state index contributed by atoms with van der Waals surface area (Å²) in [5, 5.41) is 9.55. The fraction of sp³-hybridized carbons (Fsp3) is 0. The molecule has 0 saturated heterocycles. The molecule has 0 fully saturated rings. The number of carboxylic acids is 1. The van der Waals surface area contributed by atoms with E-state index in [9.17, 15) is 18.0 Å². The third-order valence-electron chi connectivity index (χ3n) is 3.88. The third-order valence-corrected chi connectivity index (χ3v) is 4.73. The fourth-order valence-electron chi connectivity index (χ4n) is 2.75. The minimum atomic E-state index is -4.41. The summed E-state index contributed by atoms with van der Waals surface area (Å²) < 4.78 is 32.9. The minimum Gasteiger partial charge on any atom is -0.478 e. The Kier molecular flexibility index (Phi) is 2.99. The van der Waals surface area contributed by atoms with Gasteiger partial charge in [0.05, 0.1) is 27.0 Å². The molecule has 0 atom stereocenters. The van der Waals surface area contributed by atoms with Crippen molar-refractivity contribution in [3.8, 4) is 0 Å². The van der Waals surface area contributed by atoms with Crippen LogP contribution < -0.4 is 5.69 Å². The van der Waals surface area contributed by atoms with Gasteiger partial charge in [0, 0.05) is 5.39 Å². The molecule has 0 aliphatic heterocycles. The van der Waals surface area contributed by atoms with Crippen molar-refractivity contribution in [2.75, 3.05) is 0 Å². The zero-order chi connectivity index (χ0) is 17.9. The summed E-state index contributed by atoms with van der Waals surface area (Å²) in [5.41, 5.74) is 0.564. The first-order valence-electron chi connectivity index (χ1n) is 6.95. The molecular formula is C15H9N3O6S. The first-order chi connectivity index (χ1) is 11.8. The van der Waals surface area contributed by atoms with Gasteiger partial charge >= 0.3 is 11.7 Å². The van der Waals surface area contributed by atoms with E-state index in [1.165, 1.54) is 34.7 Å². The van der Waals surface area contributed by atoms with Gasteiger partial charge in [-0.3, -0.25) is 4.55 Å². The number of hydrogen-bond acceptors (Lipinski definition) is 5. The maximum atomic E-state index is 12.4. The molecule has 0 aliphatic rings. The summed E-state index contributed by atoms with van der Waals surface area (Å²) in [6, 6.07) is 7.94. The molecule has 0 bridgehead atoms. The highest BCUT2D eigenvalue weighted by Gasteiger charge is 2.16. The van der Waals surface area contributed by atoms with Gasteiger partial charge in [-0.05, 0) is 36.4 Å². The van der Waals surface area contributed by atoms with Crippen LogP contribution in [0.25, 0.3) is 27.6 Å². The van der Waals surface area contributed by atoms with Crippen molar-refractivity contribution >= 4 is 43.7 Å². The highest BCUT2D eigenvalue weighted by Crippen LogP contribution is 2.24. The number of aromatic amines is 1. The van der Waals surface area contributed by atoms with Gasteiger partial charge in [0.1, 0.15) is 0 Å². The van der Waals surface area contributed by atoms with E-state index in [0.717, 1.165) is 6.07 Å². The van der Waals surface area contributed by atoms with Crippen LogP contribution in [0.15, 0.2) is 46.1 Å². The summed E-state index contributed by atoms with van der Waals surface area (Å²) >= 11 is 0. The van der Waals surface area contributed by atoms with E-state index < -0.39 is 21.8 Å². The number of benzene rings is 2. The van der Waals surface area contributed by atoms with Gasteiger partial charge in [-0.25, -0.2) is 19.0 Å². The molecule has 0 amide bonds. The second-order valence-corrected chi connectivity index (χ2v) is 6.81. The lowest BCUT2D eigenvalue weighted by Crippen LogP contribution is -2.16. The van der Waals surface area contributed by atoms with Crippen molar-refractivity contribution in [2.24, 2.45) is 0 Å². The Morgan fingerprint density at radius 2 is 1.92 bits per heavy atom. The largest absolute Gasteiger partial charge is 0.478 e. The van der Waals surface area contributed by atoms with Gasteiger partial charge in [-0.15, -0.1) is 0 Å². The van der Waals surface area contributed by atoms with Crippen LogP contribution in [0.2, 0.25) is 0 Å². The van der Waals surface area contributed by atoms with Crippen LogP contribution in [0, 0.1) is 0 Å². The van der Waals surface area contributed by atoms with Crippen molar-refractivity contribution < 1.29 is 22.9 Å². The average molecular weight is 359 g/mol. The van der Waals surface area contributed by atoms with Crippen LogP contribution in [0.3, 0.4) is 0 Å². The Morgan fingerprint density at radius 3 is 2.60 bits per heavy atom. The summed E-state index contributed by atoms with van der Waals surface area (Å²) in [6.45, 7) is 0. The van der Waals surface area contributed by atoms with Gasteiger partial charge in [0.2, 0.25) is 0 Å². The van der Waals surface area contributed by atoms with Crippen LogP contribution in [-0.4, -0.2) is 38.4 Å². The second-order valence-electron chi connectivity index (χ2n) is 5.39. The highest BCUT2D eigenvalue weighted by atomic mass is 32.2. The van der Waals surface area contributed by atoms with Crippen LogP contribution in [0.1, 0.15) is 10.4 Å². The van der Waals surface area contributed by atoms with E-state index in [0.29, 0.717) is 16.4 Å². The number of aromatic nitrogens is 3. The lowest BCUT2D eigenvalue weighted by Gasteiger charge is -2.03. The molecule has 10 heteroatoms. The van der Waals surface area contributed by atoms with Crippen LogP contribution >= 0.6 is 0 Å². The van der Waals surface area contributed by atoms with Gasteiger partial charge in [-0.1, -0.05) is 0 Å². The topological polar surface area (TPSA) is 142 Å². The Bertz CT molecular complexity index is 1370. The van der Waals surface area contributed by atoms with Gasteiger partial charge in [0.15, 0.2) is 5.65 Å². The van der Waals surface area contributed by atoms with Crippen molar-refractivity contribution in [3.63, 3.8) is 0 Å². The third kappa shape index (κ3) is 2.27. The van der Waals surface area contributed by atoms with Crippen molar-refractivity contribution in [1.29, 1.82) is 0 Å². The van der Waals surface area contributed by atoms with Gasteiger partial charge < -0.3 is 10.1 Å². The predicted molar refractivity (Wildman–Crippen MR) is 87.6 cm³/mol. The fourth-order valence-corrected chi connectivity index (χ4v) is 3.25.